The SMILES string of the molecule is CC(C)(C)OC(=O)N1CCC(CCc2noc3c(CO)c(OCc4cccc(C#N)c4)ccc23)CC1. The third kappa shape index (κ3) is 6.16. The molecule has 0 unspecified atom stereocenters. The van der Waals surface area contributed by atoms with E-state index in [1.54, 1.807) is 17.0 Å². The number of aryl methyl sites for hydroxylation is 1. The molecule has 190 valence electrons. The number of amides is 1. The highest BCUT2D eigenvalue weighted by molar-refractivity contribution is 5.84. The molecule has 0 spiro atoms. The number of rotatable bonds is 7. The molecule has 2 heterocycles. The molecule has 4 rings (SSSR count). The minimum absolute atomic E-state index is 0.233. The molecule has 36 heavy (non-hydrogen) atoms. The largest absolute Gasteiger partial charge is 0.488 e. The van der Waals surface area contributed by atoms with Crippen LogP contribution >= 0.6 is 0 Å². The topological polar surface area (TPSA) is 109 Å². The average molecular weight is 492 g/mol. The monoisotopic (exact) mass is 491 g/mol. The van der Waals surface area contributed by atoms with Gasteiger partial charge in [0, 0.05) is 18.5 Å². The number of ether oxygens (including phenoxy) is 2. The Morgan fingerprint density at radius 1 is 1.25 bits per heavy atom. The van der Waals surface area contributed by atoms with E-state index in [-0.39, 0.29) is 19.3 Å². The highest BCUT2D eigenvalue weighted by atomic mass is 16.6. The zero-order valence-corrected chi connectivity index (χ0v) is 21.1. The van der Waals surface area contributed by atoms with Gasteiger partial charge in [0.05, 0.1) is 29.5 Å². The van der Waals surface area contributed by atoms with E-state index in [0.717, 1.165) is 42.3 Å². The van der Waals surface area contributed by atoms with Crippen molar-refractivity contribution in [2.45, 2.75) is 65.3 Å². The summed E-state index contributed by atoms with van der Waals surface area (Å²) in [7, 11) is 0. The van der Waals surface area contributed by atoms with Gasteiger partial charge in [0.15, 0.2) is 5.58 Å². The Balaban J connectivity index is 1.36. The molecule has 1 N–H and O–H groups in total. The van der Waals surface area contributed by atoms with E-state index >= 15 is 0 Å². The molecule has 8 nitrogen and oxygen atoms in total. The molecule has 1 amide bonds. The fourth-order valence-corrected chi connectivity index (χ4v) is 4.52. The first kappa shape index (κ1) is 25.5. The van der Waals surface area contributed by atoms with Crippen molar-refractivity contribution in [3.8, 4) is 11.8 Å². The van der Waals surface area contributed by atoms with Gasteiger partial charge in [-0.2, -0.15) is 5.26 Å². The maximum absolute atomic E-state index is 12.3. The van der Waals surface area contributed by atoms with Gasteiger partial charge in [0.2, 0.25) is 0 Å². The lowest BCUT2D eigenvalue weighted by Crippen LogP contribution is -2.41. The quantitative estimate of drug-likeness (QED) is 0.474. The molecule has 0 bridgehead atoms. The van der Waals surface area contributed by atoms with Gasteiger partial charge in [-0.1, -0.05) is 17.3 Å². The second kappa shape index (κ2) is 11.0. The van der Waals surface area contributed by atoms with E-state index in [1.165, 1.54) is 0 Å². The number of fused-ring (bicyclic) bond motifs is 1. The lowest BCUT2D eigenvalue weighted by molar-refractivity contribution is 0.0181. The normalized spacial score (nSPS) is 14.6. The molecular weight excluding hydrogens is 458 g/mol. The van der Waals surface area contributed by atoms with Crippen molar-refractivity contribution in [3.05, 3.63) is 58.8 Å². The molecular formula is C28H33N3O5. The summed E-state index contributed by atoms with van der Waals surface area (Å²) >= 11 is 0. The number of carbonyl (C=O) groups excluding carboxylic acids is 1. The van der Waals surface area contributed by atoms with Crippen LogP contribution in [0, 0.1) is 17.2 Å². The Morgan fingerprint density at radius 3 is 2.72 bits per heavy atom. The highest BCUT2D eigenvalue weighted by Crippen LogP contribution is 2.32. The van der Waals surface area contributed by atoms with Crippen LogP contribution in [0.15, 0.2) is 40.9 Å². The Hall–Kier alpha value is -3.57. The minimum Gasteiger partial charge on any atom is -0.488 e. The molecule has 8 heteroatoms. The molecule has 0 radical (unpaired) electrons. The molecule has 0 aliphatic carbocycles. The van der Waals surface area contributed by atoms with Crippen LogP contribution in [0.25, 0.3) is 11.0 Å². The summed E-state index contributed by atoms with van der Waals surface area (Å²) in [5.41, 5.74) is 2.92. The predicted octanol–water partition coefficient (Wildman–Crippen LogP) is 5.35. The van der Waals surface area contributed by atoms with Gasteiger partial charge >= 0.3 is 6.09 Å². The predicted molar refractivity (Wildman–Crippen MR) is 134 cm³/mol. The summed E-state index contributed by atoms with van der Waals surface area (Å²) in [5.74, 6) is 1.03. The fourth-order valence-electron chi connectivity index (χ4n) is 4.52. The van der Waals surface area contributed by atoms with Gasteiger partial charge in [-0.25, -0.2) is 4.79 Å². The molecule has 1 aromatic heterocycles. The number of aromatic nitrogens is 1. The van der Waals surface area contributed by atoms with E-state index in [4.69, 9.17) is 19.3 Å². The van der Waals surface area contributed by atoms with Gasteiger partial charge in [-0.3, -0.25) is 0 Å². The Kier molecular flexibility index (Phi) is 7.80. The number of nitriles is 1. The van der Waals surface area contributed by atoms with Crippen LogP contribution in [-0.2, 0) is 24.4 Å². The molecule has 1 aliphatic heterocycles. The smallest absolute Gasteiger partial charge is 0.410 e. The number of aliphatic hydroxyl groups excluding tert-OH is 1. The Labute approximate surface area is 211 Å². The maximum atomic E-state index is 12.3. The molecule has 1 fully saturated rings. The van der Waals surface area contributed by atoms with Gasteiger partial charge in [0.25, 0.3) is 0 Å². The van der Waals surface area contributed by atoms with Crippen molar-refractivity contribution in [1.29, 1.82) is 5.26 Å². The van der Waals surface area contributed by atoms with E-state index in [0.29, 0.717) is 41.5 Å². The Morgan fingerprint density at radius 2 is 2.03 bits per heavy atom. The van der Waals surface area contributed by atoms with Crippen molar-refractivity contribution in [2.75, 3.05) is 13.1 Å². The third-order valence-corrected chi connectivity index (χ3v) is 6.44. The van der Waals surface area contributed by atoms with E-state index < -0.39 is 5.60 Å². The lowest BCUT2D eigenvalue weighted by atomic mass is 9.91. The van der Waals surface area contributed by atoms with Crippen molar-refractivity contribution < 1.29 is 23.9 Å². The van der Waals surface area contributed by atoms with Crippen molar-refractivity contribution in [3.63, 3.8) is 0 Å². The number of benzene rings is 2. The summed E-state index contributed by atoms with van der Waals surface area (Å²) in [4.78, 5) is 14.1. The molecule has 1 aliphatic rings. The summed E-state index contributed by atoms with van der Waals surface area (Å²) in [5, 5.41) is 24.3. The van der Waals surface area contributed by atoms with Crippen LogP contribution < -0.4 is 4.74 Å². The van der Waals surface area contributed by atoms with Crippen LogP contribution in [0.5, 0.6) is 5.75 Å². The first-order valence-electron chi connectivity index (χ1n) is 12.4. The van der Waals surface area contributed by atoms with E-state index in [2.05, 4.69) is 11.2 Å². The number of aliphatic hydroxyl groups is 1. The molecule has 0 atom stereocenters. The van der Waals surface area contributed by atoms with Crippen LogP contribution in [0.1, 0.15) is 62.4 Å². The van der Waals surface area contributed by atoms with Gasteiger partial charge < -0.3 is 24.0 Å². The van der Waals surface area contributed by atoms with E-state index in [9.17, 15) is 9.90 Å². The molecule has 3 aromatic rings. The number of piperidine rings is 1. The van der Waals surface area contributed by atoms with Crippen LogP contribution in [-0.4, -0.2) is 39.9 Å². The second-order valence-electron chi connectivity index (χ2n) is 10.3. The number of hydrogen-bond donors (Lipinski definition) is 1. The fraction of sp³-hybridized carbons (Fsp3) is 0.464. The third-order valence-electron chi connectivity index (χ3n) is 6.44. The van der Waals surface area contributed by atoms with Crippen molar-refractivity contribution >= 4 is 17.1 Å². The maximum Gasteiger partial charge on any atom is 0.410 e. The van der Waals surface area contributed by atoms with E-state index in [1.807, 2.05) is 45.0 Å². The summed E-state index contributed by atoms with van der Waals surface area (Å²) in [6.07, 6.45) is 3.34. The standard InChI is InChI=1S/C28H33N3O5/c1-28(2,3)35-27(33)31-13-11-19(12-14-31)7-9-24-22-8-10-25(23(17-32)26(22)36-30-24)34-18-21-6-4-5-20(15-21)16-29/h4-6,8,10,15,19,32H,7,9,11-14,17-18H2,1-3H3. The van der Waals surface area contributed by atoms with Gasteiger partial charge in [-0.15, -0.1) is 0 Å². The van der Waals surface area contributed by atoms with Crippen LogP contribution in [0.3, 0.4) is 0 Å². The van der Waals surface area contributed by atoms with Crippen LogP contribution in [0.2, 0.25) is 0 Å². The first-order chi connectivity index (χ1) is 17.3. The van der Waals surface area contributed by atoms with Crippen LogP contribution in [0.4, 0.5) is 4.79 Å². The number of nitrogens with zero attached hydrogens (tertiary/aromatic N) is 3. The highest BCUT2D eigenvalue weighted by Gasteiger charge is 2.27. The van der Waals surface area contributed by atoms with Gasteiger partial charge in [-0.05, 0) is 82.2 Å². The van der Waals surface area contributed by atoms with Crippen molar-refractivity contribution in [1.82, 2.24) is 10.1 Å². The summed E-state index contributed by atoms with van der Waals surface area (Å²) in [6, 6.07) is 13.1. The molecule has 0 saturated carbocycles. The summed E-state index contributed by atoms with van der Waals surface area (Å²) < 4.78 is 17.1. The average Bonchev–Trinajstić information content (AvgIpc) is 3.28. The zero-order chi connectivity index (χ0) is 25.7. The lowest BCUT2D eigenvalue weighted by Gasteiger charge is -2.33. The van der Waals surface area contributed by atoms with Gasteiger partial charge in [0.1, 0.15) is 18.0 Å². The first-order valence-corrected chi connectivity index (χ1v) is 12.4. The Bertz CT molecular complexity index is 1250. The van der Waals surface area contributed by atoms with Crippen molar-refractivity contribution in [2.24, 2.45) is 5.92 Å². The number of hydrogen-bond acceptors (Lipinski definition) is 7. The molecule has 2 aromatic carbocycles. The summed E-state index contributed by atoms with van der Waals surface area (Å²) in [6.45, 7) is 7.08. The number of likely N-dealkylation sites (tertiary alicyclic amines) is 1. The molecule has 1 saturated heterocycles. The second-order valence-corrected chi connectivity index (χ2v) is 10.3. The number of carbonyl (C=O) groups is 1. The zero-order valence-electron chi connectivity index (χ0n) is 21.1. The minimum atomic E-state index is -0.483.